The molecule has 2 saturated heterocycles. The van der Waals surface area contributed by atoms with Crippen molar-refractivity contribution in [2.24, 2.45) is 13.0 Å². The first-order valence-corrected chi connectivity index (χ1v) is 9.66. The third-order valence-corrected chi connectivity index (χ3v) is 5.64. The minimum atomic E-state index is 0.715. The summed E-state index contributed by atoms with van der Waals surface area (Å²) in [6.07, 6.45) is 12.3. The standard InChI is InChI=1S/C20H29N5/c1-23-12-8-21-20(23)13-17-5-4-9-24(15-17)16-18-6-7-19(22-14-18)25-10-2-3-11-25/h6-8,12,14,17H,2-5,9-11,13,15-16H2,1H3. The van der Waals surface area contributed by atoms with Gasteiger partial charge in [0.25, 0.3) is 0 Å². The fourth-order valence-electron chi connectivity index (χ4n) is 4.21. The van der Waals surface area contributed by atoms with Crippen LogP contribution in [0.25, 0.3) is 0 Å². The smallest absolute Gasteiger partial charge is 0.128 e. The summed E-state index contributed by atoms with van der Waals surface area (Å²) in [7, 11) is 2.09. The Hall–Kier alpha value is -1.88. The van der Waals surface area contributed by atoms with Crippen LogP contribution in [0.3, 0.4) is 0 Å². The lowest BCUT2D eigenvalue weighted by Gasteiger charge is -2.32. The fraction of sp³-hybridized carbons (Fsp3) is 0.600. The summed E-state index contributed by atoms with van der Waals surface area (Å²) < 4.78 is 2.15. The maximum atomic E-state index is 4.70. The summed E-state index contributed by atoms with van der Waals surface area (Å²) in [5.74, 6) is 3.07. The van der Waals surface area contributed by atoms with E-state index in [4.69, 9.17) is 4.98 Å². The van der Waals surface area contributed by atoms with Crippen molar-refractivity contribution in [1.82, 2.24) is 19.4 Å². The molecule has 0 saturated carbocycles. The van der Waals surface area contributed by atoms with Gasteiger partial charge in [-0.2, -0.15) is 0 Å². The predicted octanol–water partition coefficient (Wildman–Crippen LogP) is 2.87. The Morgan fingerprint density at radius 2 is 1.96 bits per heavy atom. The van der Waals surface area contributed by atoms with E-state index in [0.717, 1.165) is 31.9 Å². The first kappa shape index (κ1) is 16.6. The largest absolute Gasteiger partial charge is 0.357 e. The average molecular weight is 339 g/mol. The first-order chi connectivity index (χ1) is 12.3. The lowest BCUT2D eigenvalue weighted by molar-refractivity contribution is 0.165. The Morgan fingerprint density at radius 1 is 1.08 bits per heavy atom. The number of likely N-dealkylation sites (tertiary alicyclic amines) is 1. The van der Waals surface area contributed by atoms with Gasteiger partial charge in [-0.1, -0.05) is 6.07 Å². The summed E-state index contributed by atoms with van der Waals surface area (Å²) in [5, 5.41) is 0. The molecular weight excluding hydrogens is 310 g/mol. The average Bonchev–Trinajstić information content (AvgIpc) is 3.29. The van der Waals surface area contributed by atoms with Crippen LogP contribution in [0.5, 0.6) is 0 Å². The Morgan fingerprint density at radius 3 is 2.68 bits per heavy atom. The Bertz CT molecular complexity index is 672. The molecule has 0 N–H and O–H groups in total. The highest BCUT2D eigenvalue weighted by atomic mass is 15.2. The van der Waals surface area contributed by atoms with Gasteiger partial charge in [-0.05, 0) is 49.8 Å². The maximum Gasteiger partial charge on any atom is 0.128 e. The van der Waals surface area contributed by atoms with Crippen molar-refractivity contribution in [3.63, 3.8) is 0 Å². The molecule has 0 spiro atoms. The highest BCUT2D eigenvalue weighted by Gasteiger charge is 2.22. The van der Waals surface area contributed by atoms with Crippen LogP contribution in [0.1, 0.15) is 37.1 Å². The third-order valence-electron chi connectivity index (χ3n) is 5.64. The molecule has 5 nitrogen and oxygen atoms in total. The Balaban J connectivity index is 1.33. The summed E-state index contributed by atoms with van der Waals surface area (Å²) in [6, 6.07) is 4.47. The van der Waals surface area contributed by atoms with Crippen LogP contribution in [0, 0.1) is 5.92 Å². The van der Waals surface area contributed by atoms with Crippen LogP contribution in [-0.2, 0) is 20.0 Å². The monoisotopic (exact) mass is 339 g/mol. The van der Waals surface area contributed by atoms with E-state index in [9.17, 15) is 0 Å². The molecule has 0 radical (unpaired) electrons. The molecule has 25 heavy (non-hydrogen) atoms. The molecule has 4 heterocycles. The molecule has 1 unspecified atom stereocenters. The Labute approximate surface area is 150 Å². The number of aromatic nitrogens is 3. The minimum Gasteiger partial charge on any atom is -0.357 e. The van der Waals surface area contributed by atoms with Crippen LogP contribution in [0.15, 0.2) is 30.7 Å². The third kappa shape index (κ3) is 4.03. The number of aryl methyl sites for hydroxylation is 1. The molecular formula is C20H29N5. The second-order valence-corrected chi connectivity index (χ2v) is 7.62. The zero-order valence-corrected chi connectivity index (χ0v) is 15.3. The zero-order valence-electron chi connectivity index (χ0n) is 15.3. The van der Waals surface area contributed by atoms with Crippen molar-refractivity contribution in [2.75, 3.05) is 31.1 Å². The molecule has 0 bridgehead atoms. The number of imidazole rings is 1. The predicted molar refractivity (Wildman–Crippen MR) is 101 cm³/mol. The van der Waals surface area contributed by atoms with Crippen LogP contribution >= 0.6 is 0 Å². The SMILES string of the molecule is Cn1ccnc1CC1CCCN(Cc2ccc(N3CCCC3)nc2)C1. The van der Waals surface area contributed by atoms with Crippen molar-refractivity contribution in [2.45, 2.75) is 38.6 Å². The number of hydrogen-bond acceptors (Lipinski definition) is 4. The van der Waals surface area contributed by atoms with Crippen molar-refractivity contribution >= 4 is 5.82 Å². The van der Waals surface area contributed by atoms with E-state index in [0.29, 0.717) is 5.92 Å². The van der Waals surface area contributed by atoms with E-state index in [1.807, 2.05) is 12.4 Å². The summed E-state index contributed by atoms with van der Waals surface area (Å²) in [5.41, 5.74) is 1.33. The molecule has 4 rings (SSSR count). The molecule has 2 aromatic heterocycles. The van der Waals surface area contributed by atoms with Gasteiger partial charge in [-0.15, -0.1) is 0 Å². The van der Waals surface area contributed by atoms with E-state index in [1.54, 1.807) is 0 Å². The zero-order chi connectivity index (χ0) is 17.1. The van der Waals surface area contributed by atoms with Gasteiger partial charge in [-0.3, -0.25) is 4.90 Å². The second-order valence-electron chi connectivity index (χ2n) is 7.62. The molecule has 2 aliphatic heterocycles. The van der Waals surface area contributed by atoms with Gasteiger partial charge in [0.2, 0.25) is 0 Å². The van der Waals surface area contributed by atoms with Crippen molar-refractivity contribution in [3.8, 4) is 0 Å². The van der Waals surface area contributed by atoms with E-state index >= 15 is 0 Å². The van der Waals surface area contributed by atoms with E-state index in [2.05, 4.69) is 44.7 Å². The molecule has 0 amide bonds. The number of piperidine rings is 1. The lowest BCUT2D eigenvalue weighted by atomic mass is 9.94. The van der Waals surface area contributed by atoms with Crippen molar-refractivity contribution in [3.05, 3.63) is 42.1 Å². The van der Waals surface area contributed by atoms with Crippen LogP contribution in [-0.4, -0.2) is 45.6 Å². The van der Waals surface area contributed by atoms with Crippen LogP contribution in [0.4, 0.5) is 5.82 Å². The van der Waals surface area contributed by atoms with Gasteiger partial charge in [0, 0.05) is 58.2 Å². The fourth-order valence-corrected chi connectivity index (χ4v) is 4.21. The number of pyridine rings is 1. The molecule has 134 valence electrons. The highest BCUT2D eigenvalue weighted by molar-refractivity contribution is 5.40. The lowest BCUT2D eigenvalue weighted by Crippen LogP contribution is -2.36. The molecule has 2 fully saturated rings. The van der Waals surface area contributed by atoms with Gasteiger partial charge >= 0.3 is 0 Å². The summed E-state index contributed by atoms with van der Waals surface area (Å²) >= 11 is 0. The van der Waals surface area contributed by atoms with Crippen LogP contribution < -0.4 is 4.90 Å². The molecule has 5 heteroatoms. The Kier molecular flexibility index (Phi) is 5.02. The maximum absolute atomic E-state index is 4.70. The molecule has 1 atom stereocenters. The second kappa shape index (κ2) is 7.56. The molecule has 0 aromatic carbocycles. The van der Waals surface area contributed by atoms with E-state index < -0.39 is 0 Å². The quantitative estimate of drug-likeness (QED) is 0.839. The van der Waals surface area contributed by atoms with E-state index in [1.165, 1.54) is 50.2 Å². The normalized spacial score (nSPS) is 21.8. The minimum absolute atomic E-state index is 0.715. The topological polar surface area (TPSA) is 37.2 Å². The summed E-state index contributed by atoms with van der Waals surface area (Å²) in [6.45, 7) is 5.71. The van der Waals surface area contributed by atoms with Gasteiger partial charge in [-0.25, -0.2) is 9.97 Å². The number of nitrogens with zero attached hydrogens (tertiary/aromatic N) is 5. The van der Waals surface area contributed by atoms with Crippen molar-refractivity contribution < 1.29 is 0 Å². The van der Waals surface area contributed by atoms with Gasteiger partial charge in [0.15, 0.2) is 0 Å². The van der Waals surface area contributed by atoms with Gasteiger partial charge < -0.3 is 9.47 Å². The van der Waals surface area contributed by atoms with Crippen LogP contribution in [0.2, 0.25) is 0 Å². The van der Waals surface area contributed by atoms with Gasteiger partial charge in [0.05, 0.1) is 0 Å². The van der Waals surface area contributed by atoms with Gasteiger partial charge in [0.1, 0.15) is 11.6 Å². The summed E-state index contributed by atoms with van der Waals surface area (Å²) in [4.78, 5) is 14.2. The first-order valence-electron chi connectivity index (χ1n) is 9.66. The number of anilines is 1. The van der Waals surface area contributed by atoms with E-state index in [-0.39, 0.29) is 0 Å². The number of hydrogen-bond donors (Lipinski definition) is 0. The number of rotatable bonds is 5. The highest BCUT2D eigenvalue weighted by Crippen LogP contribution is 2.22. The molecule has 2 aromatic rings. The molecule has 0 aliphatic carbocycles. The molecule has 2 aliphatic rings. The van der Waals surface area contributed by atoms with Crippen molar-refractivity contribution in [1.29, 1.82) is 0 Å².